The lowest BCUT2D eigenvalue weighted by atomic mass is 9.91. The number of Topliss-reactive ketones (excluding diaryl/α,β-unsaturated/α-hetero) is 1. The molecular formula is C26H22N2O4. The molecule has 0 bridgehead atoms. The van der Waals surface area contributed by atoms with Crippen molar-refractivity contribution in [3.63, 3.8) is 0 Å². The number of para-hydroxylation sites is 1. The lowest BCUT2D eigenvalue weighted by Gasteiger charge is -2.23. The fourth-order valence-corrected chi connectivity index (χ4v) is 4.50. The Bertz CT molecular complexity index is 1160. The van der Waals surface area contributed by atoms with E-state index in [0.717, 1.165) is 11.1 Å². The first-order chi connectivity index (χ1) is 15.5. The van der Waals surface area contributed by atoms with E-state index in [0.29, 0.717) is 11.3 Å². The van der Waals surface area contributed by atoms with Gasteiger partial charge in [-0.05, 0) is 23.3 Å². The highest BCUT2D eigenvalue weighted by atomic mass is 16.7. The van der Waals surface area contributed by atoms with E-state index in [-0.39, 0.29) is 24.0 Å². The Labute approximate surface area is 186 Å². The zero-order valence-corrected chi connectivity index (χ0v) is 17.5. The molecule has 2 aliphatic heterocycles. The van der Waals surface area contributed by atoms with Crippen LogP contribution in [0.25, 0.3) is 11.1 Å². The Balaban J connectivity index is 1.34. The number of rotatable bonds is 5. The van der Waals surface area contributed by atoms with Gasteiger partial charge in [0.1, 0.15) is 0 Å². The van der Waals surface area contributed by atoms with Crippen molar-refractivity contribution in [1.82, 2.24) is 5.06 Å². The summed E-state index contributed by atoms with van der Waals surface area (Å²) in [6.45, 7) is 0. The van der Waals surface area contributed by atoms with Crippen LogP contribution in [0.3, 0.4) is 0 Å². The van der Waals surface area contributed by atoms with E-state index >= 15 is 0 Å². The van der Waals surface area contributed by atoms with E-state index in [4.69, 9.17) is 4.84 Å². The molecule has 2 fully saturated rings. The second kappa shape index (κ2) is 8.15. The first kappa shape index (κ1) is 20.3. The summed E-state index contributed by atoms with van der Waals surface area (Å²) in [7, 11) is 1.67. The minimum atomic E-state index is -0.897. The molecule has 0 unspecified atom stereocenters. The van der Waals surface area contributed by atoms with Crippen molar-refractivity contribution in [2.45, 2.75) is 18.6 Å². The number of imide groups is 1. The van der Waals surface area contributed by atoms with Gasteiger partial charge in [0.25, 0.3) is 5.91 Å². The van der Waals surface area contributed by atoms with Crippen LogP contribution in [0.5, 0.6) is 0 Å². The third-order valence-electron chi connectivity index (χ3n) is 6.18. The van der Waals surface area contributed by atoms with Crippen LogP contribution in [0.1, 0.15) is 16.8 Å². The Morgan fingerprint density at radius 2 is 1.41 bits per heavy atom. The molecule has 6 heteroatoms. The van der Waals surface area contributed by atoms with Crippen LogP contribution in [-0.2, 0) is 14.4 Å². The molecule has 2 amide bonds. The molecule has 2 heterocycles. The highest BCUT2D eigenvalue weighted by molar-refractivity contribution is 6.23. The van der Waals surface area contributed by atoms with Gasteiger partial charge in [0.05, 0.1) is 17.6 Å². The lowest BCUT2D eigenvalue weighted by molar-refractivity contribution is -0.159. The van der Waals surface area contributed by atoms with Crippen molar-refractivity contribution in [2.75, 3.05) is 11.9 Å². The quantitative estimate of drug-likeness (QED) is 0.459. The number of anilines is 1. The van der Waals surface area contributed by atoms with E-state index in [1.165, 1.54) is 9.96 Å². The average molecular weight is 426 g/mol. The number of hydrogen-bond donors (Lipinski definition) is 0. The molecule has 3 atom stereocenters. The van der Waals surface area contributed by atoms with Crippen LogP contribution in [-0.4, -0.2) is 41.9 Å². The van der Waals surface area contributed by atoms with Crippen LogP contribution in [0.2, 0.25) is 0 Å². The first-order valence-electron chi connectivity index (χ1n) is 10.6. The van der Waals surface area contributed by atoms with Crippen molar-refractivity contribution >= 4 is 23.3 Å². The standard InChI is InChI=1S/C26H22N2O4/c1-27-21(16-22(29)19-14-12-18(13-15-19)17-8-4-2-5-9-17)23-24(32-27)26(31)28(25(23)30)20-10-6-3-7-11-20/h2-15,21,23-24H,16H2,1H3/t21-,23-,24+/m0/s1. The van der Waals surface area contributed by atoms with Crippen LogP contribution >= 0.6 is 0 Å². The molecule has 5 rings (SSSR count). The van der Waals surface area contributed by atoms with Gasteiger partial charge in [-0.25, -0.2) is 4.90 Å². The van der Waals surface area contributed by atoms with E-state index in [9.17, 15) is 14.4 Å². The molecule has 0 aromatic heterocycles. The summed E-state index contributed by atoms with van der Waals surface area (Å²) in [5.41, 5.74) is 3.19. The summed E-state index contributed by atoms with van der Waals surface area (Å²) in [5, 5.41) is 1.49. The number of ketones is 1. The summed E-state index contributed by atoms with van der Waals surface area (Å²) in [6.07, 6.45) is -0.810. The maximum absolute atomic E-state index is 13.2. The Kier molecular flexibility index (Phi) is 5.17. The third kappa shape index (κ3) is 3.43. The van der Waals surface area contributed by atoms with Crippen LogP contribution < -0.4 is 4.90 Å². The molecule has 3 aromatic rings. The number of benzene rings is 3. The molecule has 32 heavy (non-hydrogen) atoms. The molecule has 3 aromatic carbocycles. The molecule has 0 radical (unpaired) electrons. The van der Waals surface area contributed by atoms with Gasteiger partial charge in [-0.3, -0.25) is 19.2 Å². The second-order valence-corrected chi connectivity index (χ2v) is 8.08. The topological polar surface area (TPSA) is 66.9 Å². The molecule has 0 spiro atoms. The van der Waals surface area contributed by atoms with Crippen molar-refractivity contribution in [3.8, 4) is 11.1 Å². The fraction of sp³-hybridized carbons (Fsp3) is 0.192. The van der Waals surface area contributed by atoms with Crippen molar-refractivity contribution < 1.29 is 19.2 Å². The van der Waals surface area contributed by atoms with E-state index < -0.39 is 18.1 Å². The number of hydrogen-bond acceptors (Lipinski definition) is 5. The Morgan fingerprint density at radius 1 is 0.812 bits per heavy atom. The normalized spacial score (nSPS) is 22.9. The number of amides is 2. The summed E-state index contributed by atoms with van der Waals surface area (Å²) < 4.78 is 0. The third-order valence-corrected chi connectivity index (χ3v) is 6.18. The highest BCUT2D eigenvalue weighted by Crippen LogP contribution is 2.39. The fourth-order valence-electron chi connectivity index (χ4n) is 4.50. The molecule has 6 nitrogen and oxygen atoms in total. The number of nitrogens with zero attached hydrogens (tertiary/aromatic N) is 2. The highest BCUT2D eigenvalue weighted by Gasteiger charge is 2.59. The minimum Gasteiger partial charge on any atom is -0.294 e. The van der Waals surface area contributed by atoms with Gasteiger partial charge in [-0.2, -0.15) is 5.06 Å². The lowest BCUT2D eigenvalue weighted by Crippen LogP contribution is -2.40. The molecule has 0 saturated carbocycles. The van der Waals surface area contributed by atoms with Gasteiger partial charge < -0.3 is 0 Å². The molecule has 0 N–H and O–H groups in total. The molecular weight excluding hydrogens is 404 g/mol. The van der Waals surface area contributed by atoms with Crippen LogP contribution in [0.4, 0.5) is 5.69 Å². The Morgan fingerprint density at radius 3 is 2.06 bits per heavy atom. The van der Waals surface area contributed by atoms with Crippen molar-refractivity contribution in [1.29, 1.82) is 0 Å². The molecule has 2 saturated heterocycles. The Hall–Kier alpha value is -3.61. The van der Waals surface area contributed by atoms with Gasteiger partial charge in [-0.15, -0.1) is 0 Å². The summed E-state index contributed by atoms with van der Waals surface area (Å²) >= 11 is 0. The largest absolute Gasteiger partial charge is 0.294 e. The van der Waals surface area contributed by atoms with E-state index in [1.807, 2.05) is 48.5 Å². The van der Waals surface area contributed by atoms with Crippen LogP contribution in [0, 0.1) is 5.92 Å². The predicted molar refractivity (Wildman–Crippen MR) is 120 cm³/mol. The van der Waals surface area contributed by atoms with Gasteiger partial charge in [0, 0.05) is 19.0 Å². The number of fused-ring (bicyclic) bond motifs is 1. The van der Waals surface area contributed by atoms with Gasteiger partial charge >= 0.3 is 0 Å². The first-order valence-corrected chi connectivity index (χ1v) is 10.6. The zero-order chi connectivity index (χ0) is 22.2. The minimum absolute atomic E-state index is 0.0873. The van der Waals surface area contributed by atoms with E-state index in [2.05, 4.69) is 0 Å². The van der Waals surface area contributed by atoms with Gasteiger partial charge in [0.2, 0.25) is 5.91 Å². The maximum atomic E-state index is 13.2. The number of carbonyl (C=O) groups is 3. The maximum Gasteiger partial charge on any atom is 0.265 e. The molecule has 2 aliphatic rings. The summed E-state index contributed by atoms with van der Waals surface area (Å²) in [6, 6.07) is 25.7. The van der Waals surface area contributed by atoms with Gasteiger partial charge in [-0.1, -0.05) is 72.8 Å². The van der Waals surface area contributed by atoms with Crippen LogP contribution in [0.15, 0.2) is 84.9 Å². The van der Waals surface area contributed by atoms with Crippen molar-refractivity contribution in [2.24, 2.45) is 5.92 Å². The average Bonchev–Trinajstić information content (AvgIpc) is 3.28. The van der Waals surface area contributed by atoms with Gasteiger partial charge in [0.15, 0.2) is 11.9 Å². The monoisotopic (exact) mass is 426 g/mol. The van der Waals surface area contributed by atoms with Crippen molar-refractivity contribution in [3.05, 3.63) is 90.5 Å². The molecule has 0 aliphatic carbocycles. The number of carbonyl (C=O) groups excluding carboxylic acids is 3. The van der Waals surface area contributed by atoms with E-state index in [1.54, 1.807) is 43.4 Å². The second-order valence-electron chi connectivity index (χ2n) is 8.08. The predicted octanol–water partition coefficient (Wildman–Crippen LogP) is 3.73. The summed E-state index contributed by atoms with van der Waals surface area (Å²) in [4.78, 5) is 46.0. The molecule has 160 valence electrons. The zero-order valence-electron chi connectivity index (χ0n) is 17.5. The SMILES string of the molecule is CN1O[C@H]2C(=O)N(c3ccccc3)C(=O)[C@H]2[C@@H]1CC(=O)c1ccc(-c2ccccc2)cc1. The summed E-state index contributed by atoms with van der Waals surface area (Å²) in [5.74, 6) is -1.52. The smallest absolute Gasteiger partial charge is 0.265 e. The number of hydroxylamine groups is 2.